The molecule has 134 valence electrons. The van der Waals surface area contributed by atoms with E-state index in [0.29, 0.717) is 5.89 Å². The van der Waals surface area contributed by atoms with E-state index in [4.69, 9.17) is 4.42 Å². The lowest BCUT2D eigenvalue weighted by molar-refractivity contribution is 0.133. The van der Waals surface area contributed by atoms with Crippen molar-refractivity contribution in [2.45, 2.75) is 33.4 Å². The number of carbonyl (C=O) groups excluding carboxylic acids is 1. The quantitative estimate of drug-likeness (QED) is 0.928. The monoisotopic (exact) mass is 342 g/mol. The molecule has 0 spiro atoms. The minimum absolute atomic E-state index is 0.0265. The van der Waals surface area contributed by atoms with Crippen LogP contribution in [0.15, 0.2) is 34.7 Å². The van der Waals surface area contributed by atoms with E-state index in [1.807, 2.05) is 56.0 Å². The first-order valence-electron chi connectivity index (χ1n) is 8.82. The number of urea groups is 1. The third kappa shape index (κ3) is 4.39. The molecule has 0 unspecified atom stereocenters. The lowest BCUT2D eigenvalue weighted by atomic mass is 10.2. The van der Waals surface area contributed by atoms with Gasteiger partial charge in [-0.2, -0.15) is 0 Å². The second-order valence-corrected chi connectivity index (χ2v) is 6.76. The Labute approximate surface area is 148 Å². The molecule has 2 amide bonds. The molecule has 1 fully saturated rings. The van der Waals surface area contributed by atoms with Crippen LogP contribution < -0.4 is 5.32 Å². The first-order valence-corrected chi connectivity index (χ1v) is 8.82. The highest BCUT2D eigenvalue weighted by atomic mass is 16.4. The number of oxazole rings is 1. The maximum absolute atomic E-state index is 12.1. The molecule has 0 saturated carbocycles. The normalized spacial score (nSPS) is 15.6. The topological polar surface area (TPSA) is 61.6 Å². The third-order valence-corrected chi connectivity index (χ3v) is 4.36. The van der Waals surface area contributed by atoms with Gasteiger partial charge in [0.1, 0.15) is 5.76 Å². The van der Waals surface area contributed by atoms with Crippen LogP contribution in [-0.2, 0) is 6.54 Å². The smallest absolute Gasteiger partial charge is 0.317 e. The van der Waals surface area contributed by atoms with Crippen LogP contribution in [0.3, 0.4) is 0 Å². The maximum atomic E-state index is 12.1. The van der Waals surface area contributed by atoms with E-state index < -0.39 is 0 Å². The second-order valence-electron chi connectivity index (χ2n) is 6.76. The van der Waals surface area contributed by atoms with Crippen LogP contribution in [-0.4, -0.2) is 53.0 Å². The minimum Gasteiger partial charge on any atom is -0.441 e. The van der Waals surface area contributed by atoms with Gasteiger partial charge in [-0.1, -0.05) is 18.2 Å². The standard InChI is InChI=1S/C19H26N4O2/c1-14(2)20-19(24)23-11-9-22(10-12-23)13-17-15(3)25-18(21-17)16-7-5-4-6-8-16/h4-8,14H,9-13H2,1-3H3,(H,20,24). The van der Waals surface area contributed by atoms with Crippen LogP contribution in [0, 0.1) is 6.92 Å². The van der Waals surface area contributed by atoms with Crippen LogP contribution in [0.2, 0.25) is 0 Å². The first-order chi connectivity index (χ1) is 12.0. The molecular weight excluding hydrogens is 316 g/mol. The molecule has 0 aliphatic carbocycles. The highest BCUT2D eigenvalue weighted by Crippen LogP contribution is 2.22. The fourth-order valence-corrected chi connectivity index (χ4v) is 2.94. The van der Waals surface area contributed by atoms with Gasteiger partial charge >= 0.3 is 6.03 Å². The van der Waals surface area contributed by atoms with E-state index in [9.17, 15) is 4.79 Å². The number of aromatic nitrogens is 1. The number of aryl methyl sites for hydroxylation is 1. The van der Waals surface area contributed by atoms with Gasteiger partial charge in [-0.3, -0.25) is 4.90 Å². The molecule has 6 nitrogen and oxygen atoms in total. The predicted molar refractivity (Wildman–Crippen MR) is 97.2 cm³/mol. The van der Waals surface area contributed by atoms with Gasteiger partial charge in [-0.25, -0.2) is 9.78 Å². The summed E-state index contributed by atoms with van der Waals surface area (Å²) in [6.07, 6.45) is 0. The summed E-state index contributed by atoms with van der Waals surface area (Å²) < 4.78 is 5.83. The van der Waals surface area contributed by atoms with Crippen molar-refractivity contribution in [1.82, 2.24) is 20.1 Å². The third-order valence-electron chi connectivity index (χ3n) is 4.36. The highest BCUT2D eigenvalue weighted by molar-refractivity contribution is 5.74. The molecular formula is C19H26N4O2. The van der Waals surface area contributed by atoms with Gasteiger partial charge in [0.05, 0.1) is 5.69 Å². The van der Waals surface area contributed by atoms with E-state index in [1.165, 1.54) is 0 Å². The molecule has 25 heavy (non-hydrogen) atoms. The van der Waals surface area contributed by atoms with Crippen LogP contribution in [0.25, 0.3) is 11.5 Å². The van der Waals surface area contributed by atoms with Crippen LogP contribution in [0.4, 0.5) is 4.79 Å². The van der Waals surface area contributed by atoms with Crippen molar-refractivity contribution in [3.8, 4) is 11.5 Å². The van der Waals surface area contributed by atoms with Crippen molar-refractivity contribution in [3.05, 3.63) is 41.8 Å². The average molecular weight is 342 g/mol. The lowest BCUT2D eigenvalue weighted by Gasteiger charge is -2.34. The molecule has 1 N–H and O–H groups in total. The van der Waals surface area contributed by atoms with Crippen molar-refractivity contribution in [3.63, 3.8) is 0 Å². The molecule has 3 rings (SSSR count). The molecule has 0 radical (unpaired) electrons. The summed E-state index contributed by atoms with van der Waals surface area (Å²) in [6.45, 7) is 9.83. The van der Waals surface area contributed by atoms with Gasteiger partial charge in [-0.05, 0) is 32.9 Å². The minimum atomic E-state index is 0.0265. The molecule has 1 saturated heterocycles. The zero-order valence-electron chi connectivity index (χ0n) is 15.2. The highest BCUT2D eigenvalue weighted by Gasteiger charge is 2.23. The second kappa shape index (κ2) is 7.70. The Morgan fingerprint density at radius 2 is 1.88 bits per heavy atom. The SMILES string of the molecule is Cc1oc(-c2ccccc2)nc1CN1CCN(C(=O)NC(C)C)CC1. The Balaban J connectivity index is 1.58. The van der Waals surface area contributed by atoms with Crippen molar-refractivity contribution >= 4 is 6.03 Å². The maximum Gasteiger partial charge on any atom is 0.317 e. The largest absolute Gasteiger partial charge is 0.441 e. The summed E-state index contributed by atoms with van der Waals surface area (Å²) in [6, 6.07) is 10.1. The Bertz CT molecular complexity index is 703. The summed E-state index contributed by atoms with van der Waals surface area (Å²) in [5, 5.41) is 2.95. The average Bonchev–Trinajstić information content (AvgIpc) is 2.96. The van der Waals surface area contributed by atoms with Crippen molar-refractivity contribution in [2.24, 2.45) is 0 Å². The van der Waals surface area contributed by atoms with Gasteiger partial charge in [0, 0.05) is 44.3 Å². The Hall–Kier alpha value is -2.34. The van der Waals surface area contributed by atoms with Crippen LogP contribution in [0.1, 0.15) is 25.3 Å². The molecule has 0 bridgehead atoms. The fraction of sp³-hybridized carbons (Fsp3) is 0.474. The zero-order valence-corrected chi connectivity index (χ0v) is 15.2. The lowest BCUT2D eigenvalue weighted by Crippen LogP contribution is -2.52. The zero-order chi connectivity index (χ0) is 17.8. The number of nitrogens with one attached hydrogen (secondary N) is 1. The number of hydrogen-bond donors (Lipinski definition) is 1. The van der Waals surface area contributed by atoms with Gasteiger partial charge in [0.25, 0.3) is 0 Å². The van der Waals surface area contributed by atoms with Gasteiger partial charge in [0.15, 0.2) is 0 Å². The number of carbonyl (C=O) groups is 1. The molecule has 1 aromatic carbocycles. The molecule has 6 heteroatoms. The molecule has 1 aromatic heterocycles. The predicted octanol–water partition coefficient (Wildman–Crippen LogP) is 2.89. The summed E-state index contributed by atoms with van der Waals surface area (Å²) >= 11 is 0. The number of piperazine rings is 1. The number of amides is 2. The first kappa shape index (κ1) is 17.5. The molecule has 2 aromatic rings. The van der Waals surface area contributed by atoms with E-state index in [2.05, 4.69) is 15.2 Å². The van der Waals surface area contributed by atoms with E-state index >= 15 is 0 Å². The fourth-order valence-electron chi connectivity index (χ4n) is 2.94. The van der Waals surface area contributed by atoms with Crippen molar-refractivity contribution < 1.29 is 9.21 Å². The van der Waals surface area contributed by atoms with Crippen LogP contribution >= 0.6 is 0 Å². The number of nitrogens with zero attached hydrogens (tertiary/aromatic N) is 3. The van der Waals surface area contributed by atoms with E-state index in [1.54, 1.807) is 0 Å². The Morgan fingerprint density at radius 3 is 2.52 bits per heavy atom. The summed E-state index contributed by atoms with van der Waals surface area (Å²) in [5.41, 5.74) is 1.96. The molecule has 0 atom stereocenters. The molecule has 1 aliphatic rings. The Kier molecular flexibility index (Phi) is 5.38. The van der Waals surface area contributed by atoms with E-state index in [-0.39, 0.29) is 12.1 Å². The molecule has 1 aliphatic heterocycles. The number of hydrogen-bond acceptors (Lipinski definition) is 4. The van der Waals surface area contributed by atoms with Crippen molar-refractivity contribution in [2.75, 3.05) is 26.2 Å². The number of rotatable bonds is 4. The summed E-state index contributed by atoms with van der Waals surface area (Å²) in [5.74, 6) is 1.53. The van der Waals surface area contributed by atoms with Crippen LogP contribution in [0.5, 0.6) is 0 Å². The molecule has 2 heterocycles. The van der Waals surface area contributed by atoms with Gasteiger partial charge in [0.2, 0.25) is 5.89 Å². The Morgan fingerprint density at radius 1 is 1.20 bits per heavy atom. The van der Waals surface area contributed by atoms with E-state index in [0.717, 1.165) is 49.7 Å². The van der Waals surface area contributed by atoms with Gasteiger partial charge in [-0.15, -0.1) is 0 Å². The van der Waals surface area contributed by atoms with Crippen molar-refractivity contribution in [1.29, 1.82) is 0 Å². The summed E-state index contributed by atoms with van der Waals surface area (Å²) in [7, 11) is 0. The summed E-state index contributed by atoms with van der Waals surface area (Å²) in [4.78, 5) is 20.9. The number of benzene rings is 1. The van der Waals surface area contributed by atoms with Gasteiger partial charge < -0.3 is 14.6 Å².